The van der Waals surface area contributed by atoms with Gasteiger partial charge in [0.25, 0.3) is 5.91 Å². The number of nitrogens with zero attached hydrogens (tertiary/aromatic N) is 3. The predicted molar refractivity (Wildman–Crippen MR) is 129 cm³/mol. The molecule has 2 aliphatic heterocycles. The number of carbonyl (C=O) groups excluding carboxylic acids is 2. The van der Waals surface area contributed by atoms with Crippen molar-refractivity contribution < 1.29 is 19.1 Å². The summed E-state index contributed by atoms with van der Waals surface area (Å²) in [7, 11) is 0. The first-order chi connectivity index (χ1) is 16.6. The third kappa shape index (κ3) is 4.47. The number of carbonyl (C=O) groups is 2. The Hall–Kier alpha value is -3.49. The van der Waals surface area contributed by atoms with E-state index in [4.69, 9.17) is 14.5 Å². The topological polar surface area (TPSA) is 84.0 Å². The normalized spacial score (nSPS) is 18.7. The fourth-order valence-electron chi connectivity index (χ4n) is 4.63. The van der Waals surface area contributed by atoms with Gasteiger partial charge in [0, 0.05) is 48.0 Å². The minimum absolute atomic E-state index is 0.00476. The third-order valence-corrected chi connectivity index (χ3v) is 6.41. The molecule has 8 nitrogen and oxygen atoms in total. The number of aromatic nitrogens is 1. The minimum atomic E-state index is -0.224. The van der Waals surface area contributed by atoms with Crippen LogP contribution in [-0.4, -0.2) is 73.1 Å². The van der Waals surface area contributed by atoms with Gasteiger partial charge in [-0.3, -0.25) is 9.59 Å². The summed E-state index contributed by atoms with van der Waals surface area (Å²) in [5, 5.41) is 5.44. The summed E-state index contributed by atoms with van der Waals surface area (Å²) in [4.78, 5) is 32.5. The predicted octanol–water partition coefficient (Wildman–Crippen LogP) is 3.29. The van der Waals surface area contributed by atoms with Crippen LogP contribution in [0.5, 0.6) is 0 Å². The lowest BCUT2D eigenvalue weighted by molar-refractivity contribution is -0.125. The molecule has 1 aromatic heterocycles. The zero-order valence-electron chi connectivity index (χ0n) is 19.2. The third-order valence-electron chi connectivity index (χ3n) is 6.41. The molecule has 8 heteroatoms. The Morgan fingerprint density at radius 1 is 1.12 bits per heavy atom. The first-order valence-electron chi connectivity index (χ1n) is 11.6. The van der Waals surface area contributed by atoms with Crippen LogP contribution >= 0.6 is 0 Å². The molecule has 0 spiro atoms. The second-order valence-corrected chi connectivity index (χ2v) is 8.63. The van der Waals surface area contributed by atoms with E-state index in [1.54, 1.807) is 4.90 Å². The number of hydrogen-bond donors (Lipinski definition) is 1. The number of nitrogens with one attached hydrogen (secondary N) is 1. The second-order valence-electron chi connectivity index (χ2n) is 8.63. The Balaban J connectivity index is 1.45. The van der Waals surface area contributed by atoms with Crippen molar-refractivity contribution in [1.82, 2.24) is 14.8 Å². The van der Waals surface area contributed by atoms with E-state index in [1.807, 2.05) is 47.5 Å². The first-order valence-corrected chi connectivity index (χ1v) is 11.6. The molecule has 2 saturated heterocycles. The van der Waals surface area contributed by atoms with Gasteiger partial charge in [-0.2, -0.15) is 0 Å². The number of fused-ring (bicyclic) bond motifs is 1. The Morgan fingerprint density at radius 2 is 1.94 bits per heavy atom. The van der Waals surface area contributed by atoms with Gasteiger partial charge in [0.1, 0.15) is 11.9 Å². The lowest BCUT2D eigenvalue weighted by Gasteiger charge is -2.31. The van der Waals surface area contributed by atoms with Crippen molar-refractivity contribution in [1.29, 1.82) is 0 Å². The highest BCUT2D eigenvalue weighted by atomic mass is 16.5. The van der Waals surface area contributed by atoms with Crippen LogP contribution in [0.3, 0.4) is 0 Å². The van der Waals surface area contributed by atoms with Crippen LogP contribution in [0.25, 0.3) is 10.8 Å². The maximum absolute atomic E-state index is 12.9. The lowest BCUT2D eigenvalue weighted by Crippen LogP contribution is -2.40. The molecule has 34 heavy (non-hydrogen) atoms. The zero-order valence-corrected chi connectivity index (χ0v) is 19.2. The molecule has 3 aromatic rings. The molecular formula is C26H28N4O4. The number of rotatable bonds is 5. The van der Waals surface area contributed by atoms with E-state index in [1.165, 1.54) is 0 Å². The van der Waals surface area contributed by atoms with Crippen molar-refractivity contribution in [3.05, 3.63) is 65.4 Å². The number of aryl methyl sites for hydroxylation is 1. The van der Waals surface area contributed by atoms with E-state index < -0.39 is 0 Å². The number of morpholine rings is 2. The smallest absolute Gasteiger partial charge is 0.254 e. The van der Waals surface area contributed by atoms with E-state index in [-0.39, 0.29) is 12.0 Å². The number of pyridine rings is 1. The highest BCUT2D eigenvalue weighted by Crippen LogP contribution is 2.34. The quantitative estimate of drug-likeness (QED) is 0.589. The van der Waals surface area contributed by atoms with Gasteiger partial charge in [-0.15, -0.1) is 0 Å². The molecule has 2 aliphatic rings. The van der Waals surface area contributed by atoms with Crippen LogP contribution in [0, 0.1) is 6.92 Å². The minimum Gasteiger partial charge on any atom is -0.378 e. The number of benzene rings is 2. The van der Waals surface area contributed by atoms with Crippen molar-refractivity contribution in [3.8, 4) is 0 Å². The van der Waals surface area contributed by atoms with Crippen molar-refractivity contribution >= 4 is 34.6 Å². The van der Waals surface area contributed by atoms with Crippen LogP contribution in [0.2, 0.25) is 0 Å². The summed E-state index contributed by atoms with van der Waals surface area (Å²) < 4.78 is 11.4. The fourth-order valence-corrected chi connectivity index (χ4v) is 4.63. The SMILES string of the molecule is Cc1cccc2c(Nc3cccc(C(=O)N4CCOCC4)c3)ncc(C3CN(C=O)CCO3)c12. The Morgan fingerprint density at radius 3 is 2.76 bits per heavy atom. The van der Waals surface area contributed by atoms with Crippen LogP contribution in [0.15, 0.2) is 48.7 Å². The number of amides is 2. The van der Waals surface area contributed by atoms with Crippen LogP contribution < -0.4 is 5.32 Å². The van der Waals surface area contributed by atoms with Gasteiger partial charge in [0.15, 0.2) is 0 Å². The molecule has 0 bridgehead atoms. The molecule has 0 radical (unpaired) electrons. The summed E-state index contributed by atoms with van der Waals surface area (Å²) in [6, 6.07) is 13.6. The van der Waals surface area contributed by atoms with Crippen molar-refractivity contribution in [2.75, 3.05) is 51.3 Å². The van der Waals surface area contributed by atoms with E-state index >= 15 is 0 Å². The standard InChI is InChI=1S/C26H28N4O4/c1-18-4-2-7-21-24(18)22(23-16-29(17-31)8-13-34-23)15-27-25(21)28-20-6-3-5-19(14-20)26(32)30-9-11-33-12-10-30/h2-7,14-15,17,23H,8-13,16H2,1H3,(H,27,28). The number of ether oxygens (including phenoxy) is 2. The Labute approximate surface area is 198 Å². The van der Waals surface area contributed by atoms with Gasteiger partial charge in [-0.05, 0) is 36.1 Å². The molecule has 2 aromatic carbocycles. The molecule has 0 saturated carbocycles. The number of hydrogen-bond acceptors (Lipinski definition) is 6. The van der Waals surface area contributed by atoms with Crippen LogP contribution in [0.1, 0.15) is 27.6 Å². The average molecular weight is 461 g/mol. The van der Waals surface area contributed by atoms with E-state index in [2.05, 4.69) is 18.3 Å². The van der Waals surface area contributed by atoms with Crippen LogP contribution in [0.4, 0.5) is 11.5 Å². The molecule has 1 N–H and O–H groups in total. The lowest BCUT2D eigenvalue weighted by atomic mass is 9.97. The van der Waals surface area contributed by atoms with E-state index in [0.29, 0.717) is 57.4 Å². The first kappa shape index (κ1) is 22.3. The second kappa shape index (κ2) is 9.79. The maximum Gasteiger partial charge on any atom is 0.254 e. The Bertz CT molecular complexity index is 1210. The fraction of sp³-hybridized carbons (Fsp3) is 0.346. The van der Waals surface area contributed by atoms with Gasteiger partial charge >= 0.3 is 0 Å². The van der Waals surface area contributed by atoms with Crippen molar-refractivity contribution in [2.45, 2.75) is 13.0 Å². The molecule has 5 rings (SSSR count). The van der Waals surface area contributed by atoms with Gasteiger partial charge < -0.3 is 24.6 Å². The molecule has 176 valence electrons. The molecule has 2 amide bonds. The molecule has 0 aliphatic carbocycles. The average Bonchev–Trinajstić information content (AvgIpc) is 2.89. The summed E-state index contributed by atoms with van der Waals surface area (Å²) in [5.74, 6) is 0.714. The maximum atomic E-state index is 12.9. The molecule has 2 fully saturated rings. The van der Waals surface area contributed by atoms with E-state index in [9.17, 15) is 9.59 Å². The van der Waals surface area contributed by atoms with E-state index in [0.717, 1.165) is 34.0 Å². The van der Waals surface area contributed by atoms with Gasteiger partial charge in [-0.25, -0.2) is 4.98 Å². The highest BCUT2D eigenvalue weighted by molar-refractivity contribution is 5.99. The van der Waals surface area contributed by atoms with Crippen molar-refractivity contribution in [3.63, 3.8) is 0 Å². The van der Waals surface area contributed by atoms with Gasteiger partial charge in [0.2, 0.25) is 6.41 Å². The largest absolute Gasteiger partial charge is 0.378 e. The summed E-state index contributed by atoms with van der Waals surface area (Å²) in [6.07, 6.45) is 2.48. The summed E-state index contributed by atoms with van der Waals surface area (Å²) in [6.45, 7) is 6.03. The van der Waals surface area contributed by atoms with Gasteiger partial charge in [-0.1, -0.05) is 24.3 Å². The summed E-state index contributed by atoms with van der Waals surface area (Å²) >= 11 is 0. The van der Waals surface area contributed by atoms with Crippen LogP contribution in [-0.2, 0) is 14.3 Å². The zero-order chi connectivity index (χ0) is 23.5. The summed E-state index contributed by atoms with van der Waals surface area (Å²) in [5.41, 5.74) is 3.51. The highest BCUT2D eigenvalue weighted by Gasteiger charge is 2.25. The molecule has 3 heterocycles. The molecular weight excluding hydrogens is 432 g/mol. The molecule has 1 unspecified atom stereocenters. The van der Waals surface area contributed by atoms with Crippen molar-refractivity contribution in [2.24, 2.45) is 0 Å². The Kier molecular flexibility index (Phi) is 6.42. The monoisotopic (exact) mass is 460 g/mol. The van der Waals surface area contributed by atoms with Gasteiger partial charge in [0.05, 0.1) is 26.4 Å². The number of anilines is 2. The molecule has 1 atom stereocenters.